The van der Waals surface area contributed by atoms with Gasteiger partial charge in [0, 0.05) is 11.4 Å². The van der Waals surface area contributed by atoms with Crippen molar-refractivity contribution in [2.45, 2.75) is 31.7 Å². The Hall–Kier alpha value is -2.22. The fourth-order valence-corrected chi connectivity index (χ4v) is 4.74. The summed E-state index contributed by atoms with van der Waals surface area (Å²) in [5, 5.41) is 0. The van der Waals surface area contributed by atoms with Gasteiger partial charge >= 0.3 is 0 Å². The fraction of sp³-hybridized carbons (Fsp3) is 0.368. The van der Waals surface area contributed by atoms with Gasteiger partial charge in [-0.15, -0.1) is 11.3 Å². The van der Waals surface area contributed by atoms with E-state index in [0.717, 1.165) is 18.4 Å². The molecule has 0 radical (unpaired) electrons. The molecule has 1 aromatic carbocycles. The predicted molar refractivity (Wildman–Crippen MR) is 100 cm³/mol. The summed E-state index contributed by atoms with van der Waals surface area (Å²) in [6, 6.07) is 11.7. The summed E-state index contributed by atoms with van der Waals surface area (Å²) in [5.74, 6) is -0.742. The van der Waals surface area contributed by atoms with Crippen molar-refractivity contribution in [3.05, 3.63) is 57.3 Å². The Kier molecular flexibility index (Phi) is 5.01. The molecule has 136 valence electrons. The van der Waals surface area contributed by atoms with Crippen molar-refractivity contribution in [3.8, 4) is 0 Å². The summed E-state index contributed by atoms with van der Waals surface area (Å²) in [6.45, 7) is 0.508. The third kappa shape index (κ3) is 3.51. The van der Waals surface area contributed by atoms with Crippen LogP contribution < -0.4 is 21.7 Å². The van der Waals surface area contributed by atoms with E-state index in [2.05, 4.69) is 21.7 Å². The number of fused-ring (bicyclic) bond motifs is 1. The highest BCUT2D eigenvalue weighted by Gasteiger charge is 2.34. The maximum Gasteiger partial charge on any atom is 0.279 e. The van der Waals surface area contributed by atoms with E-state index in [-0.39, 0.29) is 23.8 Å². The number of carbonyl (C=O) groups excluding carboxylic acids is 2. The van der Waals surface area contributed by atoms with Crippen molar-refractivity contribution in [3.63, 3.8) is 0 Å². The van der Waals surface area contributed by atoms with E-state index in [1.165, 1.54) is 34.6 Å². The lowest BCUT2D eigenvalue weighted by Crippen LogP contribution is -2.46. The Morgan fingerprint density at radius 3 is 2.69 bits per heavy atom. The Morgan fingerprint density at radius 1 is 1.08 bits per heavy atom. The number of rotatable bonds is 3. The number of aryl methyl sites for hydroxylation is 2. The lowest BCUT2D eigenvalue weighted by atomic mass is 9.94. The molecule has 2 heterocycles. The number of nitrogens with one attached hydrogen (secondary N) is 4. The minimum atomic E-state index is -0.297. The molecule has 6 nitrogen and oxygen atoms in total. The van der Waals surface area contributed by atoms with Gasteiger partial charge in [0.15, 0.2) is 0 Å². The Morgan fingerprint density at radius 2 is 1.88 bits per heavy atom. The standard InChI is InChI=1S/C19H22N4O2S/c24-18(14-11-20-21-17(14)12-6-2-1-3-7-12)22-23-19(25)16-10-13-8-4-5-9-15(13)26-16/h1-3,6-7,10,14,17,20-21H,4-5,8-9,11H2,(H,22,24)(H,23,25). The van der Waals surface area contributed by atoms with Gasteiger partial charge in [-0.2, -0.15) is 0 Å². The lowest BCUT2D eigenvalue weighted by molar-refractivity contribution is -0.125. The second-order valence-corrected chi connectivity index (χ2v) is 7.87. The van der Waals surface area contributed by atoms with Crippen molar-refractivity contribution in [2.24, 2.45) is 5.92 Å². The molecule has 0 spiro atoms. The highest BCUT2D eigenvalue weighted by atomic mass is 32.1. The van der Waals surface area contributed by atoms with Crippen LogP contribution in [0.15, 0.2) is 36.4 Å². The number of thiophene rings is 1. The quantitative estimate of drug-likeness (QED) is 0.622. The molecule has 4 N–H and O–H groups in total. The zero-order valence-corrected chi connectivity index (χ0v) is 15.2. The van der Waals surface area contributed by atoms with Gasteiger partial charge in [-0.25, -0.2) is 5.43 Å². The number of benzene rings is 1. The first-order valence-corrected chi connectivity index (χ1v) is 9.79. The molecule has 2 amide bonds. The van der Waals surface area contributed by atoms with Gasteiger partial charge in [0.25, 0.3) is 5.91 Å². The minimum absolute atomic E-state index is 0.123. The average Bonchev–Trinajstić information content (AvgIpc) is 3.33. The Balaban J connectivity index is 1.37. The predicted octanol–water partition coefficient (Wildman–Crippen LogP) is 1.85. The zero-order valence-electron chi connectivity index (χ0n) is 14.4. The first-order chi connectivity index (χ1) is 12.7. The van der Waals surface area contributed by atoms with E-state index in [0.29, 0.717) is 11.4 Å². The zero-order chi connectivity index (χ0) is 17.9. The van der Waals surface area contributed by atoms with Gasteiger partial charge in [0.1, 0.15) is 0 Å². The molecule has 2 aromatic rings. The summed E-state index contributed by atoms with van der Waals surface area (Å²) < 4.78 is 0. The van der Waals surface area contributed by atoms with Crippen LogP contribution in [-0.2, 0) is 17.6 Å². The number of hydrogen-bond acceptors (Lipinski definition) is 5. The normalized spacial score (nSPS) is 21.8. The molecule has 4 rings (SSSR count). The van der Waals surface area contributed by atoms with Gasteiger partial charge in [-0.3, -0.25) is 25.9 Å². The Bertz CT molecular complexity index is 782. The molecule has 0 bridgehead atoms. The van der Waals surface area contributed by atoms with Crippen LogP contribution in [0.1, 0.15) is 44.6 Å². The molecular formula is C19H22N4O2S. The molecule has 0 saturated carbocycles. The van der Waals surface area contributed by atoms with Crippen LogP contribution in [-0.4, -0.2) is 18.4 Å². The summed E-state index contributed by atoms with van der Waals surface area (Å²) in [4.78, 5) is 26.9. The largest absolute Gasteiger partial charge is 0.279 e. The molecule has 2 aliphatic rings. The molecular weight excluding hydrogens is 348 g/mol. The number of hydrogen-bond donors (Lipinski definition) is 4. The van der Waals surface area contributed by atoms with Crippen LogP contribution >= 0.6 is 11.3 Å². The third-order valence-electron chi connectivity index (χ3n) is 5.00. The molecule has 1 aliphatic heterocycles. The smallest absolute Gasteiger partial charge is 0.273 e. The topological polar surface area (TPSA) is 82.3 Å². The summed E-state index contributed by atoms with van der Waals surface area (Å²) in [5.41, 5.74) is 13.7. The third-order valence-corrected chi connectivity index (χ3v) is 6.23. The number of hydrazine groups is 2. The highest BCUT2D eigenvalue weighted by molar-refractivity contribution is 7.14. The molecule has 1 aliphatic carbocycles. The summed E-state index contributed by atoms with van der Waals surface area (Å²) >= 11 is 1.54. The van der Waals surface area contributed by atoms with Crippen molar-refractivity contribution in [1.82, 2.24) is 21.7 Å². The lowest BCUT2D eigenvalue weighted by Gasteiger charge is -2.18. The molecule has 1 saturated heterocycles. The van der Waals surface area contributed by atoms with E-state index in [1.807, 2.05) is 36.4 Å². The monoisotopic (exact) mass is 370 g/mol. The average molecular weight is 370 g/mol. The molecule has 7 heteroatoms. The van der Waals surface area contributed by atoms with Crippen LogP contribution in [0.3, 0.4) is 0 Å². The SMILES string of the molecule is O=C(NNC(=O)C1CNNC1c1ccccc1)c1cc2c(s1)CCCC2. The van der Waals surface area contributed by atoms with Crippen LogP contribution in [0.2, 0.25) is 0 Å². The minimum Gasteiger partial charge on any atom is -0.273 e. The molecule has 1 aromatic heterocycles. The maximum atomic E-state index is 12.6. The van der Waals surface area contributed by atoms with Gasteiger partial charge < -0.3 is 0 Å². The van der Waals surface area contributed by atoms with E-state index in [4.69, 9.17) is 0 Å². The van der Waals surface area contributed by atoms with E-state index in [1.54, 1.807) is 0 Å². The van der Waals surface area contributed by atoms with E-state index in [9.17, 15) is 9.59 Å². The van der Waals surface area contributed by atoms with Crippen molar-refractivity contribution in [1.29, 1.82) is 0 Å². The van der Waals surface area contributed by atoms with Gasteiger partial charge in [-0.1, -0.05) is 30.3 Å². The van der Waals surface area contributed by atoms with Gasteiger partial charge in [0.05, 0.1) is 16.8 Å². The van der Waals surface area contributed by atoms with Crippen LogP contribution in [0.4, 0.5) is 0 Å². The highest BCUT2D eigenvalue weighted by Crippen LogP contribution is 2.29. The molecule has 2 atom stereocenters. The van der Waals surface area contributed by atoms with Crippen LogP contribution in [0.5, 0.6) is 0 Å². The molecule has 1 fully saturated rings. The van der Waals surface area contributed by atoms with Gasteiger partial charge in [0.2, 0.25) is 5.91 Å². The molecule has 2 unspecified atom stereocenters. The maximum absolute atomic E-state index is 12.6. The summed E-state index contributed by atoms with van der Waals surface area (Å²) in [7, 11) is 0. The first kappa shape index (κ1) is 17.2. The number of carbonyl (C=O) groups is 2. The van der Waals surface area contributed by atoms with Crippen LogP contribution in [0, 0.1) is 5.92 Å². The first-order valence-electron chi connectivity index (χ1n) is 8.97. The van der Waals surface area contributed by atoms with Crippen molar-refractivity contribution < 1.29 is 9.59 Å². The second kappa shape index (κ2) is 7.57. The van der Waals surface area contributed by atoms with E-state index >= 15 is 0 Å². The summed E-state index contributed by atoms with van der Waals surface area (Å²) in [6.07, 6.45) is 4.47. The molecule has 26 heavy (non-hydrogen) atoms. The fourth-order valence-electron chi connectivity index (χ4n) is 3.59. The number of amides is 2. The van der Waals surface area contributed by atoms with Gasteiger partial charge in [-0.05, 0) is 42.9 Å². The van der Waals surface area contributed by atoms with Crippen LogP contribution in [0.25, 0.3) is 0 Å². The van der Waals surface area contributed by atoms with Crippen molar-refractivity contribution in [2.75, 3.05) is 6.54 Å². The Labute approximate surface area is 156 Å². The van der Waals surface area contributed by atoms with Crippen molar-refractivity contribution >= 4 is 23.2 Å². The second-order valence-electron chi connectivity index (χ2n) is 6.73. The van der Waals surface area contributed by atoms with E-state index < -0.39 is 0 Å².